The topological polar surface area (TPSA) is 23.8 Å². The molecule has 0 amide bonds. The van der Waals surface area contributed by atoms with Gasteiger partial charge in [-0.15, -0.1) is 11.8 Å². The highest BCUT2D eigenvalue weighted by Crippen LogP contribution is 2.27. The van der Waals surface area contributed by atoms with Gasteiger partial charge in [0.05, 0.1) is 12.0 Å². The third-order valence-corrected chi connectivity index (χ3v) is 3.74. The van der Waals surface area contributed by atoms with Gasteiger partial charge in [-0.2, -0.15) is 5.26 Å². The van der Waals surface area contributed by atoms with Gasteiger partial charge in [0, 0.05) is 10.6 Å². The Balaban J connectivity index is 2.05. The van der Waals surface area contributed by atoms with Crippen molar-refractivity contribution < 1.29 is 4.39 Å². The van der Waals surface area contributed by atoms with Gasteiger partial charge in [0.2, 0.25) is 0 Å². The zero-order chi connectivity index (χ0) is 12.8. The van der Waals surface area contributed by atoms with Gasteiger partial charge in [-0.25, -0.2) is 4.39 Å². The summed E-state index contributed by atoms with van der Waals surface area (Å²) in [6.07, 6.45) is 0. The highest BCUT2D eigenvalue weighted by atomic mass is 32.2. The molecule has 0 saturated heterocycles. The number of halogens is 1. The lowest BCUT2D eigenvalue weighted by atomic mass is 10.0. The van der Waals surface area contributed by atoms with Gasteiger partial charge >= 0.3 is 0 Å². The van der Waals surface area contributed by atoms with E-state index in [1.54, 1.807) is 18.2 Å². The van der Waals surface area contributed by atoms with E-state index in [1.165, 1.54) is 17.8 Å². The number of nitriles is 1. The second-order valence-electron chi connectivity index (χ2n) is 3.83. The van der Waals surface area contributed by atoms with E-state index < -0.39 is 0 Å². The van der Waals surface area contributed by atoms with Gasteiger partial charge in [-0.1, -0.05) is 42.5 Å². The van der Waals surface area contributed by atoms with Crippen LogP contribution in [0, 0.1) is 17.1 Å². The summed E-state index contributed by atoms with van der Waals surface area (Å²) in [5.41, 5.74) is 0.976. The molecule has 18 heavy (non-hydrogen) atoms. The molecule has 0 aliphatic carbocycles. The van der Waals surface area contributed by atoms with Crippen molar-refractivity contribution in [1.29, 1.82) is 5.26 Å². The molecule has 0 bridgehead atoms. The Morgan fingerprint density at radius 2 is 1.72 bits per heavy atom. The smallest absolute Gasteiger partial charge is 0.136 e. The van der Waals surface area contributed by atoms with E-state index in [0.717, 1.165) is 5.56 Å². The Labute approximate surface area is 110 Å². The second kappa shape index (κ2) is 6.23. The van der Waals surface area contributed by atoms with Gasteiger partial charge in [0.15, 0.2) is 0 Å². The fourth-order valence-corrected chi connectivity index (χ4v) is 2.62. The molecule has 0 N–H and O–H groups in total. The molecule has 0 radical (unpaired) electrons. The highest BCUT2D eigenvalue weighted by molar-refractivity contribution is 7.99. The van der Waals surface area contributed by atoms with E-state index >= 15 is 0 Å². The number of hydrogen-bond donors (Lipinski definition) is 0. The molecule has 1 nitrogen and oxygen atoms in total. The van der Waals surface area contributed by atoms with Crippen LogP contribution in [0.4, 0.5) is 4.39 Å². The summed E-state index contributed by atoms with van der Waals surface area (Å²) in [6, 6.07) is 18.5. The van der Waals surface area contributed by atoms with E-state index in [0.29, 0.717) is 10.6 Å². The average molecular weight is 257 g/mol. The number of nitrogens with zero attached hydrogens (tertiary/aromatic N) is 1. The molecule has 90 valence electrons. The van der Waals surface area contributed by atoms with Crippen LogP contribution >= 0.6 is 11.8 Å². The molecule has 0 aliphatic rings. The SMILES string of the molecule is N#CC(CSc1ccccc1F)c1ccccc1. The van der Waals surface area contributed by atoms with Crippen LogP contribution in [-0.2, 0) is 0 Å². The molecule has 2 rings (SSSR count). The van der Waals surface area contributed by atoms with E-state index in [1.807, 2.05) is 30.3 Å². The van der Waals surface area contributed by atoms with Gasteiger partial charge in [0.25, 0.3) is 0 Å². The number of rotatable bonds is 4. The summed E-state index contributed by atoms with van der Waals surface area (Å²) >= 11 is 1.38. The fourth-order valence-electron chi connectivity index (χ4n) is 1.63. The van der Waals surface area contributed by atoms with Crippen molar-refractivity contribution in [3.05, 3.63) is 66.0 Å². The van der Waals surface area contributed by atoms with Crippen molar-refractivity contribution in [2.75, 3.05) is 5.75 Å². The molecular weight excluding hydrogens is 245 g/mol. The van der Waals surface area contributed by atoms with Crippen LogP contribution in [0.2, 0.25) is 0 Å². The van der Waals surface area contributed by atoms with Crippen molar-refractivity contribution in [2.45, 2.75) is 10.8 Å². The van der Waals surface area contributed by atoms with Crippen LogP contribution in [0.1, 0.15) is 11.5 Å². The van der Waals surface area contributed by atoms with E-state index in [2.05, 4.69) is 6.07 Å². The largest absolute Gasteiger partial charge is 0.206 e. The van der Waals surface area contributed by atoms with Gasteiger partial charge < -0.3 is 0 Å². The molecule has 0 heterocycles. The van der Waals surface area contributed by atoms with Crippen molar-refractivity contribution >= 4 is 11.8 Å². The lowest BCUT2D eigenvalue weighted by Gasteiger charge is -2.09. The van der Waals surface area contributed by atoms with E-state index in [-0.39, 0.29) is 11.7 Å². The monoisotopic (exact) mass is 257 g/mol. The molecule has 2 aromatic carbocycles. The molecule has 1 atom stereocenters. The van der Waals surface area contributed by atoms with Crippen LogP contribution in [-0.4, -0.2) is 5.75 Å². The van der Waals surface area contributed by atoms with Crippen LogP contribution < -0.4 is 0 Å². The molecule has 1 unspecified atom stereocenters. The second-order valence-corrected chi connectivity index (χ2v) is 4.90. The Kier molecular flexibility index (Phi) is 4.38. The normalized spacial score (nSPS) is 11.8. The van der Waals surface area contributed by atoms with Gasteiger partial charge in [0.1, 0.15) is 5.82 Å². The minimum absolute atomic E-state index is 0.212. The minimum atomic E-state index is -0.229. The lowest BCUT2D eigenvalue weighted by molar-refractivity contribution is 0.602. The number of thioether (sulfide) groups is 1. The van der Waals surface area contributed by atoms with Crippen molar-refractivity contribution in [2.24, 2.45) is 0 Å². The molecule has 0 aliphatic heterocycles. The molecular formula is C15H12FNS. The summed E-state index contributed by atoms with van der Waals surface area (Å²) in [4.78, 5) is 0.591. The quantitative estimate of drug-likeness (QED) is 0.765. The maximum atomic E-state index is 13.4. The molecule has 0 spiro atoms. The molecule has 0 saturated carbocycles. The predicted molar refractivity (Wildman–Crippen MR) is 71.9 cm³/mol. The fraction of sp³-hybridized carbons (Fsp3) is 0.133. The summed E-state index contributed by atoms with van der Waals surface area (Å²) in [5.74, 6) is 0.115. The van der Waals surface area contributed by atoms with Crippen molar-refractivity contribution in [3.63, 3.8) is 0 Å². The standard InChI is InChI=1S/C15H12FNS/c16-14-8-4-5-9-15(14)18-11-13(10-17)12-6-2-1-3-7-12/h1-9,13H,11H2. The van der Waals surface area contributed by atoms with E-state index in [4.69, 9.17) is 5.26 Å². The first-order valence-electron chi connectivity index (χ1n) is 5.63. The third-order valence-electron chi connectivity index (χ3n) is 2.60. The predicted octanol–water partition coefficient (Wildman–Crippen LogP) is 4.23. The highest BCUT2D eigenvalue weighted by Gasteiger charge is 2.11. The van der Waals surface area contributed by atoms with Crippen LogP contribution in [0.3, 0.4) is 0 Å². The molecule has 2 aromatic rings. The zero-order valence-electron chi connectivity index (χ0n) is 9.71. The minimum Gasteiger partial charge on any atom is -0.206 e. The Morgan fingerprint density at radius 1 is 1.06 bits per heavy atom. The average Bonchev–Trinajstić information content (AvgIpc) is 2.42. The zero-order valence-corrected chi connectivity index (χ0v) is 10.5. The van der Waals surface area contributed by atoms with Gasteiger partial charge in [-0.3, -0.25) is 0 Å². The first kappa shape index (κ1) is 12.7. The summed E-state index contributed by atoms with van der Waals surface area (Å²) < 4.78 is 13.4. The lowest BCUT2D eigenvalue weighted by Crippen LogP contribution is -1.99. The number of benzene rings is 2. The van der Waals surface area contributed by atoms with Crippen LogP contribution in [0.25, 0.3) is 0 Å². The van der Waals surface area contributed by atoms with E-state index in [9.17, 15) is 4.39 Å². The summed E-state index contributed by atoms with van der Waals surface area (Å²) in [5, 5.41) is 9.17. The Hall–Kier alpha value is -1.79. The maximum absolute atomic E-state index is 13.4. The third kappa shape index (κ3) is 3.12. The first-order chi connectivity index (χ1) is 8.81. The molecule has 3 heteroatoms. The van der Waals surface area contributed by atoms with Crippen LogP contribution in [0.15, 0.2) is 59.5 Å². The van der Waals surface area contributed by atoms with Crippen molar-refractivity contribution in [1.82, 2.24) is 0 Å². The molecule has 0 fully saturated rings. The summed E-state index contributed by atoms with van der Waals surface area (Å²) in [6.45, 7) is 0. The Morgan fingerprint density at radius 3 is 2.39 bits per heavy atom. The summed E-state index contributed by atoms with van der Waals surface area (Å²) in [7, 11) is 0. The number of hydrogen-bond acceptors (Lipinski definition) is 2. The Bertz CT molecular complexity index is 548. The maximum Gasteiger partial charge on any atom is 0.136 e. The van der Waals surface area contributed by atoms with Gasteiger partial charge in [-0.05, 0) is 17.7 Å². The first-order valence-corrected chi connectivity index (χ1v) is 6.61. The molecule has 0 aromatic heterocycles. The van der Waals surface area contributed by atoms with Crippen molar-refractivity contribution in [3.8, 4) is 6.07 Å². The van der Waals surface area contributed by atoms with Crippen LogP contribution in [0.5, 0.6) is 0 Å².